The molecule has 0 saturated carbocycles. The molecule has 43 heavy (non-hydrogen) atoms. The lowest BCUT2D eigenvalue weighted by Crippen LogP contribution is -2.53. The molecule has 0 amide bonds. The average Bonchev–Trinajstić information content (AvgIpc) is 3.63. The first-order valence-electron chi connectivity index (χ1n) is 13.4. The lowest BCUT2D eigenvalue weighted by Gasteiger charge is -2.44. The molecule has 1 atom stereocenters. The molecule has 0 radical (unpaired) electrons. The maximum atomic E-state index is 14.3. The Hall–Kier alpha value is -4.24. The van der Waals surface area contributed by atoms with E-state index in [0.717, 1.165) is 22.8 Å². The Bertz CT molecular complexity index is 1850. The average molecular weight is 616 g/mol. The molecule has 224 valence electrons. The summed E-state index contributed by atoms with van der Waals surface area (Å²) in [5.74, 6) is -1.16. The summed E-state index contributed by atoms with van der Waals surface area (Å²) in [5, 5.41) is 12.2. The monoisotopic (exact) mass is 615 g/mol. The highest BCUT2D eigenvalue weighted by Gasteiger charge is 2.52. The van der Waals surface area contributed by atoms with Gasteiger partial charge in [0.25, 0.3) is 10.0 Å². The first-order valence-corrected chi connectivity index (χ1v) is 14.9. The van der Waals surface area contributed by atoms with Gasteiger partial charge in [0.15, 0.2) is 5.78 Å². The smallest absolute Gasteiger partial charge is 0.291 e. The third kappa shape index (κ3) is 5.05. The van der Waals surface area contributed by atoms with Gasteiger partial charge < -0.3 is 0 Å². The van der Waals surface area contributed by atoms with Crippen LogP contribution >= 0.6 is 0 Å². The third-order valence-corrected chi connectivity index (χ3v) is 9.46. The van der Waals surface area contributed by atoms with Crippen LogP contribution in [-0.2, 0) is 29.2 Å². The van der Waals surface area contributed by atoms with E-state index in [1.165, 1.54) is 23.1 Å². The summed E-state index contributed by atoms with van der Waals surface area (Å²) in [6.45, 7) is 1.95. The number of nitrogens with zero attached hydrogens (tertiary/aromatic N) is 7. The number of rotatable bonds is 7. The van der Waals surface area contributed by atoms with E-state index in [9.17, 15) is 30.8 Å². The van der Waals surface area contributed by atoms with E-state index in [1.54, 1.807) is 22.9 Å². The number of fused-ring (bicyclic) bond motifs is 2. The van der Waals surface area contributed by atoms with Crippen molar-refractivity contribution < 1.29 is 30.8 Å². The summed E-state index contributed by atoms with van der Waals surface area (Å²) in [4.78, 5) is 19.5. The van der Waals surface area contributed by atoms with Gasteiger partial charge >= 0.3 is 6.18 Å². The third-order valence-electron chi connectivity index (χ3n) is 7.75. The minimum absolute atomic E-state index is 0.000126. The van der Waals surface area contributed by atoms with Crippen LogP contribution in [0.2, 0.25) is 0 Å². The molecule has 1 saturated heterocycles. The van der Waals surface area contributed by atoms with Gasteiger partial charge in [-0.05, 0) is 67.3 Å². The van der Waals surface area contributed by atoms with Crippen LogP contribution in [0.25, 0.3) is 11.8 Å². The fourth-order valence-corrected chi connectivity index (χ4v) is 6.99. The van der Waals surface area contributed by atoms with Crippen molar-refractivity contribution in [2.75, 3.05) is 13.1 Å². The molecule has 6 rings (SSSR count). The van der Waals surface area contributed by atoms with Crippen LogP contribution in [0.15, 0.2) is 65.6 Å². The molecule has 15 heteroatoms. The number of ketones is 1. The number of pyridine rings is 1. The minimum Gasteiger partial charge on any atom is -0.291 e. The van der Waals surface area contributed by atoms with Crippen molar-refractivity contribution in [3.8, 4) is 5.69 Å². The maximum Gasteiger partial charge on any atom is 0.416 e. The summed E-state index contributed by atoms with van der Waals surface area (Å²) in [6, 6.07) is 7.12. The first-order chi connectivity index (χ1) is 20.4. The first kappa shape index (κ1) is 28.9. The van der Waals surface area contributed by atoms with Crippen molar-refractivity contribution in [1.82, 2.24) is 34.1 Å². The predicted molar refractivity (Wildman–Crippen MR) is 145 cm³/mol. The van der Waals surface area contributed by atoms with Gasteiger partial charge in [0.2, 0.25) is 5.03 Å². The summed E-state index contributed by atoms with van der Waals surface area (Å²) in [6.07, 6.45) is 1.34. The van der Waals surface area contributed by atoms with Crippen molar-refractivity contribution in [3.63, 3.8) is 0 Å². The van der Waals surface area contributed by atoms with Crippen LogP contribution in [0, 0.1) is 11.2 Å². The number of sulfonamides is 1. The zero-order valence-electron chi connectivity index (χ0n) is 22.8. The Morgan fingerprint density at radius 3 is 2.58 bits per heavy atom. The van der Waals surface area contributed by atoms with Crippen LogP contribution in [0.3, 0.4) is 0 Å². The van der Waals surface area contributed by atoms with Gasteiger partial charge in [-0.3, -0.25) is 9.78 Å². The van der Waals surface area contributed by atoms with E-state index in [-0.39, 0.29) is 31.0 Å². The summed E-state index contributed by atoms with van der Waals surface area (Å²) < 4.78 is 84.4. The topological polar surface area (TPSA) is 116 Å². The van der Waals surface area contributed by atoms with Crippen molar-refractivity contribution in [2.45, 2.75) is 43.9 Å². The molecule has 0 spiro atoms. The summed E-state index contributed by atoms with van der Waals surface area (Å²) in [5.41, 5.74) is -0.750. The van der Waals surface area contributed by atoms with Crippen molar-refractivity contribution >= 4 is 21.9 Å². The second-order valence-electron chi connectivity index (χ2n) is 10.5. The van der Waals surface area contributed by atoms with Crippen LogP contribution in [0.4, 0.5) is 17.6 Å². The number of hydrogen-bond donors (Lipinski definition) is 0. The zero-order valence-corrected chi connectivity index (χ0v) is 23.6. The minimum atomic E-state index is -4.71. The van der Waals surface area contributed by atoms with Crippen LogP contribution in [0.5, 0.6) is 0 Å². The van der Waals surface area contributed by atoms with Gasteiger partial charge in [-0.25, -0.2) is 17.5 Å². The molecule has 1 aliphatic carbocycles. The second-order valence-corrected chi connectivity index (χ2v) is 12.4. The van der Waals surface area contributed by atoms with E-state index < -0.39 is 44.5 Å². The number of Topliss-reactive ketones (excluding diaryl/α,β-unsaturated/α-hetero) is 1. The largest absolute Gasteiger partial charge is 0.416 e. The number of hydrogen-bond acceptors (Lipinski definition) is 7. The van der Waals surface area contributed by atoms with Gasteiger partial charge in [-0.15, -0.1) is 5.10 Å². The SMILES string of the molecule is CCCn1ncc(S(=O)(=O)N2CCC3=Cc4c(cnn4-c4ccc(F)cc4)CC3(C(=O)c3cc(C(F)(F)F)ccn3)C2)n1. The van der Waals surface area contributed by atoms with Gasteiger partial charge in [0.1, 0.15) is 11.5 Å². The predicted octanol–water partition coefficient (Wildman–Crippen LogP) is 4.33. The molecule has 1 aliphatic heterocycles. The molecule has 0 N–H and O–H groups in total. The number of alkyl halides is 3. The van der Waals surface area contributed by atoms with Gasteiger partial charge in [0.05, 0.1) is 41.3 Å². The van der Waals surface area contributed by atoms with Crippen LogP contribution in [-0.4, -0.2) is 61.4 Å². The molecule has 4 aromatic rings. The Morgan fingerprint density at radius 1 is 1.09 bits per heavy atom. The summed E-state index contributed by atoms with van der Waals surface area (Å²) in [7, 11) is -4.21. The van der Waals surface area contributed by atoms with E-state index >= 15 is 0 Å². The Balaban J connectivity index is 1.45. The number of carbonyl (C=O) groups excluding carboxylic acids is 1. The normalized spacial score (nSPS) is 19.0. The number of aryl methyl sites for hydroxylation is 1. The van der Waals surface area contributed by atoms with Gasteiger partial charge in [-0.2, -0.15) is 32.5 Å². The number of halogens is 4. The Morgan fingerprint density at radius 2 is 1.86 bits per heavy atom. The molecule has 10 nitrogen and oxygen atoms in total. The van der Waals surface area contributed by atoms with E-state index in [0.29, 0.717) is 41.5 Å². The van der Waals surface area contributed by atoms with E-state index in [1.807, 2.05) is 6.92 Å². The molecular formula is C28H25F4N7O3S. The molecule has 1 fully saturated rings. The highest BCUT2D eigenvalue weighted by molar-refractivity contribution is 7.89. The molecular weight excluding hydrogens is 590 g/mol. The fraction of sp³-hybridized carbons (Fsp3) is 0.321. The number of aromatic nitrogens is 6. The van der Waals surface area contributed by atoms with Gasteiger partial charge in [-0.1, -0.05) is 12.5 Å². The standard InChI is InChI=1S/C28H25F4N7O3S/c1-2-10-38-34-16-25(36-38)43(41,42)37-11-8-19-13-24-18(15-35-39(24)22-5-3-21(29)4-6-22)14-27(19,17-37)26(40)23-12-20(7-9-33-23)28(30,31)32/h3-7,9,12-13,15-16H,2,8,10-11,14,17H2,1H3. The van der Waals surface area contributed by atoms with Crippen molar-refractivity contribution in [2.24, 2.45) is 5.41 Å². The van der Waals surface area contributed by atoms with E-state index in [4.69, 9.17) is 0 Å². The van der Waals surface area contributed by atoms with E-state index in [2.05, 4.69) is 20.3 Å². The number of carbonyl (C=O) groups is 1. The molecule has 0 bridgehead atoms. The van der Waals surface area contributed by atoms with Gasteiger partial charge in [0, 0.05) is 19.3 Å². The highest BCUT2D eigenvalue weighted by atomic mass is 32.2. The Labute approximate surface area is 243 Å². The highest BCUT2D eigenvalue weighted by Crippen LogP contribution is 2.47. The fourth-order valence-electron chi connectivity index (χ4n) is 5.62. The molecule has 4 heterocycles. The summed E-state index contributed by atoms with van der Waals surface area (Å²) >= 11 is 0. The van der Waals surface area contributed by atoms with Crippen molar-refractivity contribution in [3.05, 3.63) is 88.9 Å². The van der Waals surface area contributed by atoms with Crippen LogP contribution in [0.1, 0.15) is 47.1 Å². The quantitative estimate of drug-likeness (QED) is 0.225. The molecule has 1 unspecified atom stereocenters. The number of benzene rings is 1. The molecule has 2 aliphatic rings. The maximum absolute atomic E-state index is 14.3. The zero-order chi connectivity index (χ0) is 30.6. The van der Waals surface area contributed by atoms with Crippen LogP contribution < -0.4 is 0 Å². The van der Waals surface area contributed by atoms with Crippen molar-refractivity contribution in [1.29, 1.82) is 0 Å². The lowest BCUT2D eigenvalue weighted by atomic mass is 9.65. The Kier molecular flexibility index (Phi) is 7.04. The molecule has 1 aromatic carbocycles. The molecule has 3 aromatic heterocycles. The number of piperidine rings is 1. The second kappa shape index (κ2) is 10.5. The lowest BCUT2D eigenvalue weighted by molar-refractivity contribution is -0.137.